The quantitative estimate of drug-likeness (QED) is 0.810. The Hall–Kier alpha value is -1.89. The average molecular weight is 427 g/mol. The molecule has 4 fully saturated rings. The highest BCUT2D eigenvalue weighted by molar-refractivity contribution is 6.34. The van der Waals surface area contributed by atoms with Gasteiger partial charge >= 0.3 is 0 Å². The lowest BCUT2D eigenvalue weighted by atomic mass is 9.97. The summed E-state index contributed by atoms with van der Waals surface area (Å²) in [5.41, 5.74) is 1.60. The van der Waals surface area contributed by atoms with Crippen LogP contribution in [-0.4, -0.2) is 60.7 Å². The molecule has 2 aromatic rings. The number of piperazine rings is 1. The standard InChI is InChI=1S/C23H27ClN4O2/c1-22(13-30-14-22)28-6-4-27(5-7-28)19-9-15-10-20(25-12-16(15)8-18(19)24)26-21(29)17-11-23(17)2-3-23/h8-10,12,17H,2-7,11,13-14H2,1H3,(H,25,26,29). The Bertz CT molecular complexity index is 1030. The van der Waals surface area contributed by atoms with Gasteiger partial charge in [-0.3, -0.25) is 9.69 Å². The normalized spacial score (nSPS) is 26.5. The molecule has 2 aliphatic carbocycles. The van der Waals surface area contributed by atoms with Crippen LogP contribution in [0.4, 0.5) is 11.5 Å². The van der Waals surface area contributed by atoms with E-state index in [1.807, 2.05) is 12.1 Å². The molecule has 1 atom stereocenters. The van der Waals surface area contributed by atoms with Gasteiger partial charge in [0.2, 0.25) is 5.91 Å². The highest BCUT2D eigenvalue weighted by Gasteiger charge is 2.65. The highest BCUT2D eigenvalue weighted by atomic mass is 35.5. The van der Waals surface area contributed by atoms with Crippen molar-refractivity contribution in [2.24, 2.45) is 11.3 Å². The Kier molecular flexibility index (Phi) is 4.12. The van der Waals surface area contributed by atoms with Gasteiger partial charge in [0.25, 0.3) is 0 Å². The minimum absolute atomic E-state index is 0.123. The average Bonchev–Trinajstić information content (AvgIpc) is 3.65. The lowest BCUT2D eigenvalue weighted by Crippen LogP contribution is -2.64. The molecule has 7 heteroatoms. The maximum atomic E-state index is 12.5. The molecule has 1 spiro atoms. The molecule has 30 heavy (non-hydrogen) atoms. The first-order chi connectivity index (χ1) is 14.5. The van der Waals surface area contributed by atoms with Crippen LogP contribution < -0.4 is 10.2 Å². The van der Waals surface area contributed by atoms with Gasteiger partial charge in [-0.2, -0.15) is 0 Å². The zero-order chi connectivity index (χ0) is 20.5. The summed E-state index contributed by atoms with van der Waals surface area (Å²) in [6.45, 7) is 7.84. The van der Waals surface area contributed by atoms with Crippen molar-refractivity contribution in [2.75, 3.05) is 49.6 Å². The van der Waals surface area contributed by atoms with Crippen LogP contribution in [0.2, 0.25) is 5.02 Å². The number of carbonyl (C=O) groups is 1. The molecular formula is C23H27ClN4O2. The van der Waals surface area contributed by atoms with Crippen molar-refractivity contribution in [1.29, 1.82) is 0 Å². The van der Waals surface area contributed by atoms with E-state index < -0.39 is 0 Å². The summed E-state index contributed by atoms with van der Waals surface area (Å²) >= 11 is 6.64. The highest BCUT2D eigenvalue weighted by Crippen LogP contribution is 2.70. The lowest BCUT2D eigenvalue weighted by Gasteiger charge is -2.50. The molecule has 1 aromatic carbocycles. The van der Waals surface area contributed by atoms with Gasteiger partial charge in [0, 0.05) is 43.7 Å². The largest absolute Gasteiger partial charge is 0.377 e. The van der Waals surface area contributed by atoms with E-state index in [4.69, 9.17) is 16.3 Å². The molecule has 158 valence electrons. The van der Waals surface area contributed by atoms with Gasteiger partial charge in [-0.15, -0.1) is 0 Å². The van der Waals surface area contributed by atoms with Crippen LogP contribution in [0, 0.1) is 11.3 Å². The minimum Gasteiger partial charge on any atom is -0.377 e. The van der Waals surface area contributed by atoms with Crippen LogP contribution >= 0.6 is 11.6 Å². The number of ether oxygens (including phenoxy) is 1. The Labute approximate surface area is 181 Å². The lowest BCUT2D eigenvalue weighted by molar-refractivity contribution is -0.131. The minimum atomic E-state index is 0.123. The summed E-state index contributed by atoms with van der Waals surface area (Å²) < 4.78 is 5.43. The SMILES string of the molecule is CC1(N2CCN(c3cc4cc(NC(=O)C5CC56CC6)ncc4cc3Cl)CC2)COC1. The number of anilines is 2. The molecule has 1 N–H and O–H groups in total. The number of benzene rings is 1. The van der Waals surface area contributed by atoms with Crippen molar-refractivity contribution in [3.8, 4) is 0 Å². The third kappa shape index (κ3) is 3.08. The Morgan fingerprint density at radius 2 is 1.93 bits per heavy atom. The molecule has 1 unspecified atom stereocenters. The molecule has 1 aromatic heterocycles. The van der Waals surface area contributed by atoms with Crippen LogP contribution in [0.1, 0.15) is 26.2 Å². The molecular weight excluding hydrogens is 400 g/mol. The van der Waals surface area contributed by atoms with Crippen LogP contribution in [-0.2, 0) is 9.53 Å². The number of aromatic nitrogens is 1. The first kappa shape index (κ1) is 18.8. The summed E-state index contributed by atoms with van der Waals surface area (Å²) in [5, 5.41) is 5.82. The van der Waals surface area contributed by atoms with Gasteiger partial charge in [-0.25, -0.2) is 4.98 Å². The summed E-state index contributed by atoms with van der Waals surface area (Å²) in [7, 11) is 0. The van der Waals surface area contributed by atoms with Crippen LogP contribution in [0.3, 0.4) is 0 Å². The van der Waals surface area contributed by atoms with Crippen molar-refractivity contribution in [2.45, 2.75) is 31.7 Å². The van der Waals surface area contributed by atoms with Gasteiger partial charge in [-0.05, 0) is 55.2 Å². The number of carbonyl (C=O) groups excluding carboxylic acids is 1. The topological polar surface area (TPSA) is 57.7 Å². The third-order valence-corrected chi connectivity index (χ3v) is 7.95. The summed E-state index contributed by atoms with van der Waals surface area (Å²) in [5.74, 6) is 0.944. The van der Waals surface area contributed by atoms with Crippen LogP contribution in [0.5, 0.6) is 0 Å². The van der Waals surface area contributed by atoms with E-state index in [0.717, 1.165) is 67.3 Å². The number of nitrogens with zero attached hydrogens (tertiary/aromatic N) is 3. The van der Waals surface area contributed by atoms with E-state index in [2.05, 4.69) is 33.1 Å². The number of pyridine rings is 1. The number of amides is 1. The number of nitrogens with one attached hydrogen (secondary N) is 1. The van der Waals surface area contributed by atoms with Gasteiger partial charge in [-0.1, -0.05) is 11.6 Å². The van der Waals surface area contributed by atoms with Crippen molar-refractivity contribution in [3.63, 3.8) is 0 Å². The zero-order valence-corrected chi connectivity index (χ0v) is 18.0. The second-order valence-electron chi connectivity index (χ2n) is 9.79. The first-order valence-electron chi connectivity index (χ1n) is 10.9. The maximum absolute atomic E-state index is 12.5. The number of rotatable bonds is 4. The summed E-state index contributed by atoms with van der Waals surface area (Å²) in [6, 6.07) is 6.09. The summed E-state index contributed by atoms with van der Waals surface area (Å²) in [4.78, 5) is 21.8. The number of hydrogen-bond donors (Lipinski definition) is 1. The van der Waals surface area contributed by atoms with Gasteiger partial charge < -0.3 is 15.0 Å². The smallest absolute Gasteiger partial charge is 0.229 e. The van der Waals surface area contributed by atoms with Crippen molar-refractivity contribution >= 4 is 39.8 Å². The van der Waals surface area contributed by atoms with Crippen molar-refractivity contribution < 1.29 is 9.53 Å². The Morgan fingerprint density at radius 3 is 2.57 bits per heavy atom. The molecule has 4 aliphatic rings. The van der Waals surface area contributed by atoms with Gasteiger partial charge in [0.1, 0.15) is 5.82 Å². The first-order valence-corrected chi connectivity index (χ1v) is 11.3. The molecule has 6 nitrogen and oxygen atoms in total. The number of fused-ring (bicyclic) bond motifs is 1. The molecule has 0 bridgehead atoms. The van der Waals surface area contributed by atoms with E-state index >= 15 is 0 Å². The maximum Gasteiger partial charge on any atom is 0.229 e. The zero-order valence-electron chi connectivity index (χ0n) is 17.3. The second kappa shape index (κ2) is 6.55. The molecule has 2 saturated carbocycles. The van der Waals surface area contributed by atoms with E-state index in [1.54, 1.807) is 6.20 Å². The molecule has 0 radical (unpaired) electrons. The Morgan fingerprint density at radius 1 is 1.17 bits per heavy atom. The van der Waals surface area contributed by atoms with Gasteiger partial charge in [0.15, 0.2) is 0 Å². The molecule has 1 amide bonds. The van der Waals surface area contributed by atoms with Crippen molar-refractivity contribution in [1.82, 2.24) is 9.88 Å². The molecule has 2 saturated heterocycles. The predicted molar refractivity (Wildman–Crippen MR) is 118 cm³/mol. The second-order valence-corrected chi connectivity index (χ2v) is 10.2. The fourth-order valence-electron chi connectivity index (χ4n) is 5.18. The molecule has 3 heterocycles. The predicted octanol–water partition coefficient (Wildman–Crippen LogP) is 3.54. The third-order valence-electron chi connectivity index (χ3n) is 7.65. The van der Waals surface area contributed by atoms with Crippen LogP contribution in [0.15, 0.2) is 24.4 Å². The number of halogens is 1. The van der Waals surface area contributed by atoms with Gasteiger partial charge in [0.05, 0.1) is 29.5 Å². The molecule has 6 rings (SSSR count). The van der Waals surface area contributed by atoms with E-state index in [1.165, 1.54) is 12.8 Å². The van der Waals surface area contributed by atoms with E-state index in [0.29, 0.717) is 11.2 Å². The molecule has 2 aliphatic heterocycles. The Balaban J connectivity index is 1.19. The fourth-order valence-corrected chi connectivity index (χ4v) is 5.47. The van der Waals surface area contributed by atoms with Crippen molar-refractivity contribution in [3.05, 3.63) is 29.4 Å². The van der Waals surface area contributed by atoms with E-state index in [-0.39, 0.29) is 17.4 Å². The summed E-state index contributed by atoms with van der Waals surface area (Å²) in [6.07, 6.45) is 5.26. The fraction of sp³-hybridized carbons (Fsp3) is 0.565. The van der Waals surface area contributed by atoms with E-state index in [9.17, 15) is 4.79 Å². The monoisotopic (exact) mass is 426 g/mol. The van der Waals surface area contributed by atoms with Crippen LogP contribution in [0.25, 0.3) is 10.8 Å². The number of hydrogen-bond acceptors (Lipinski definition) is 5.